The first-order chi connectivity index (χ1) is 27.1. The summed E-state index contributed by atoms with van der Waals surface area (Å²) in [6, 6.07) is 56.3. The largest absolute Gasteiger partial charge is 0.453 e. The van der Waals surface area contributed by atoms with Crippen LogP contribution in [0.15, 0.2) is 162 Å². The van der Waals surface area contributed by atoms with Crippen LogP contribution >= 0.6 is 0 Å². The van der Waals surface area contributed by atoms with Crippen molar-refractivity contribution in [2.24, 2.45) is 0 Å². The van der Waals surface area contributed by atoms with Gasteiger partial charge < -0.3 is 4.42 Å². The van der Waals surface area contributed by atoms with Gasteiger partial charge in [-0.25, -0.2) is 15.0 Å². The van der Waals surface area contributed by atoms with Crippen LogP contribution in [0.2, 0.25) is 19.6 Å². The molecule has 0 bridgehead atoms. The van der Waals surface area contributed by atoms with Crippen molar-refractivity contribution in [2.75, 3.05) is 0 Å². The maximum atomic E-state index is 6.46. The third kappa shape index (κ3) is 5.70. The standard InChI is InChI=1S/C51H41N3OSi/c1-51(2)44-19-9-8-16-41(44)42-18-11-17-40(47(42)51)34-22-20-32(21-23-34)36-13-10-14-37(30-36)49-52-48(35-24-27-38(28-25-35)56(3,4)5)53-50(54-49)46-31-43-39-15-7-6-12-33(39)26-29-45(43)55-46/h6-31H,1-5H3. The van der Waals surface area contributed by atoms with Crippen molar-refractivity contribution >= 4 is 35.0 Å². The summed E-state index contributed by atoms with van der Waals surface area (Å²) in [5.41, 5.74) is 12.8. The van der Waals surface area contributed by atoms with Crippen LogP contribution in [0.5, 0.6) is 0 Å². The van der Waals surface area contributed by atoms with Crippen LogP contribution < -0.4 is 5.19 Å². The van der Waals surface area contributed by atoms with Crippen molar-refractivity contribution in [2.45, 2.75) is 38.9 Å². The molecule has 10 rings (SSSR count). The SMILES string of the molecule is CC1(C)c2ccccc2-c2cccc(-c3ccc(-c4cccc(-c5nc(-c6ccc([Si](C)(C)C)cc6)nc(-c6cc7c(ccc8ccccc87)o6)n5)c4)cc3)c21. The molecular formula is C51H41N3OSi. The Kier molecular flexibility index (Phi) is 7.81. The second-order valence-corrected chi connectivity index (χ2v) is 21.6. The van der Waals surface area contributed by atoms with Crippen LogP contribution in [0.4, 0.5) is 0 Å². The first kappa shape index (κ1) is 34.1. The molecule has 270 valence electrons. The van der Waals surface area contributed by atoms with E-state index >= 15 is 0 Å². The Morgan fingerprint density at radius 1 is 0.464 bits per heavy atom. The van der Waals surface area contributed by atoms with E-state index in [-0.39, 0.29) is 5.41 Å². The molecule has 0 N–H and O–H groups in total. The van der Waals surface area contributed by atoms with Gasteiger partial charge in [0.05, 0.1) is 8.07 Å². The van der Waals surface area contributed by atoms with Crippen molar-refractivity contribution < 1.29 is 4.42 Å². The molecule has 2 aromatic heterocycles. The van der Waals surface area contributed by atoms with Crippen molar-refractivity contribution in [1.29, 1.82) is 0 Å². The average molecular weight is 740 g/mol. The lowest BCUT2D eigenvalue weighted by molar-refractivity contribution is 0.625. The van der Waals surface area contributed by atoms with Crippen LogP contribution in [0, 0.1) is 0 Å². The van der Waals surface area contributed by atoms with Crippen LogP contribution in [0.1, 0.15) is 25.0 Å². The lowest BCUT2D eigenvalue weighted by Crippen LogP contribution is -2.37. The minimum absolute atomic E-state index is 0.0791. The molecule has 1 aliphatic rings. The van der Waals surface area contributed by atoms with E-state index in [1.165, 1.54) is 44.0 Å². The van der Waals surface area contributed by atoms with Gasteiger partial charge in [0.1, 0.15) is 5.58 Å². The summed E-state index contributed by atoms with van der Waals surface area (Å²) < 4.78 is 6.46. The van der Waals surface area contributed by atoms with Crippen molar-refractivity contribution in [3.63, 3.8) is 0 Å². The maximum absolute atomic E-state index is 6.46. The summed E-state index contributed by atoms with van der Waals surface area (Å²) >= 11 is 0. The molecule has 0 atom stereocenters. The van der Waals surface area contributed by atoms with Crippen molar-refractivity contribution in [1.82, 2.24) is 15.0 Å². The molecule has 2 heterocycles. The van der Waals surface area contributed by atoms with Gasteiger partial charge >= 0.3 is 0 Å². The van der Waals surface area contributed by atoms with Gasteiger partial charge in [-0.05, 0) is 73.5 Å². The average Bonchev–Trinajstić information content (AvgIpc) is 3.78. The number of fused-ring (bicyclic) bond motifs is 6. The van der Waals surface area contributed by atoms with E-state index in [0.29, 0.717) is 23.2 Å². The zero-order valence-corrected chi connectivity index (χ0v) is 33.3. The third-order valence-electron chi connectivity index (χ3n) is 11.5. The fourth-order valence-electron chi connectivity index (χ4n) is 8.53. The minimum Gasteiger partial charge on any atom is -0.453 e. The van der Waals surface area contributed by atoms with Crippen molar-refractivity contribution in [3.05, 3.63) is 169 Å². The molecule has 7 aromatic carbocycles. The van der Waals surface area contributed by atoms with Gasteiger partial charge in [-0.1, -0.05) is 178 Å². The number of furan rings is 1. The third-order valence-corrected chi connectivity index (χ3v) is 13.6. The van der Waals surface area contributed by atoms with Gasteiger partial charge in [0.2, 0.25) is 0 Å². The normalized spacial score (nSPS) is 13.2. The fourth-order valence-corrected chi connectivity index (χ4v) is 9.70. The number of aromatic nitrogens is 3. The first-order valence-corrected chi connectivity index (χ1v) is 22.9. The van der Waals surface area contributed by atoms with Gasteiger partial charge in [-0.15, -0.1) is 0 Å². The van der Waals surface area contributed by atoms with E-state index in [9.17, 15) is 0 Å². The lowest BCUT2D eigenvalue weighted by atomic mass is 9.79. The smallest absolute Gasteiger partial charge is 0.199 e. The minimum atomic E-state index is -1.48. The summed E-state index contributed by atoms with van der Waals surface area (Å²) in [6.45, 7) is 11.8. The lowest BCUT2D eigenvalue weighted by Gasteiger charge is -2.24. The summed E-state index contributed by atoms with van der Waals surface area (Å²) in [5, 5.41) is 4.74. The summed E-state index contributed by atoms with van der Waals surface area (Å²) in [5.74, 6) is 2.34. The predicted molar refractivity (Wildman–Crippen MR) is 235 cm³/mol. The van der Waals surface area contributed by atoms with Crippen LogP contribution in [-0.2, 0) is 5.41 Å². The molecule has 0 radical (unpaired) electrons. The van der Waals surface area contributed by atoms with Crippen LogP contribution in [0.25, 0.3) is 89.5 Å². The number of hydrogen-bond donors (Lipinski definition) is 0. The molecule has 56 heavy (non-hydrogen) atoms. The molecule has 1 aliphatic carbocycles. The van der Waals surface area contributed by atoms with E-state index in [1.807, 2.05) is 6.07 Å². The van der Waals surface area contributed by atoms with E-state index in [0.717, 1.165) is 38.6 Å². The fraction of sp³-hybridized carbons (Fsp3) is 0.118. The van der Waals surface area contributed by atoms with Gasteiger partial charge in [-0.3, -0.25) is 0 Å². The maximum Gasteiger partial charge on any atom is 0.199 e. The highest BCUT2D eigenvalue weighted by atomic mass is 28.3. The Morgan fingerprint density at radius 2 is 1.09 bits per heavy atom. The topological polar surface area (TPSA) is 51.8 Å². The molecule has 0 unspecified atom stereocenters. The first-order valence-electron chi connectivity index (χ1n) is 19.4. The number of hydrogen-bond acceptors (Lipinski definition) is 4. The van der Waals surface area contributed by atoms with Crippen molar-refractivity contribution in [3.8, 4) is 67.7 Å². The van der Waals surface area contributed by atoms with Gasteiger partial charge in [0.15, 0.2) is 23.2 Å². The highest BCUT2D eigenvalue weighted by molar-refractivity contribution is 6.88. The number of benzene rings is 7. The Hall–Kier alpha value is -6.43. The zero-order chi connectivity index (χ0) is 38.2. The van der Waals surface area contributed by atoms with Gasteiger partial charge in [0, 0.05) is 21.9 Å². The second-order valence-electron chi connectivity index (χ2n) is 16.5. The van der Waals surface area contributed by atoms with E-state index < -0.39 is 8.07 Å². The van der Waals surface area contributed by atoms with Crippen LogP contribution in [0.3, 0.4) is 0 Å². The molecule has 0 aliphatic heterocycles. The highest BCUT2D eigenvalue weighted by Gasteiger charge is 2.37. The molecular weight excluding hydrogens is 699 g/mol. The molecule has 9 aromatic rings. The zero-order valence-electron chi connectivity index (χ0n) is 32.3. The number of rotatable bonds is 6. The Morgan fingerprint density at radius 3 is 1.89 bits per heavy atom. The second kappa shape index (κ2) is 12.8. The predicted octanol–water partition coefficient (Wildman–Crippen LogP) is 13.0. The summed E-state index contributed by atoms with van der Waals surface area (Å²) in [4.78, 5) is 15.2. The quantitative estimate of drug-likeness (QED) is 0.159. The molecule has 0 saturated carbocycles. The number of nitrogens with zero attached hydrogens (tertiary/aromatic N) is 3. The van der Waals surface area contributed by atoms with E-state index in [2.05, 4.69) is 185 Å². The Labute approximate surface area is 328 Å². The highest BCUT2D eigenvalue weighted by Crippen LogP contribution is 2.52. The Balaban J connectivity index is 1.05. The monoisotopic (exact) mass is 739 g/mol. The van der Waals surface area contributed by atoms with Crippen LogP contribution in [-0.4, -0.2) is 23.0 Å². The Bertz CT molecular complexity index is 2970. The molecule has 0 spiro atoms. The molecule has 0 fully saturated rings. The molecule has 4 nitrogen and oxygen atoms in total. The summed E-state index contributed by atoms with van der Waals surface area (Å²) in [7, 11) is -1.48. The molecule has 5 heteroatoms. The van der Waals surface area contributed by atoms with Gasteiger partial charge in [-0.2, -0.15) is 0 Å². The van der Waals surface area contributed by atoms with Gasteiger partial charge in [0.25, 0.3) is 0 Å². The molecule has 0 amide bonds. The van der Waals surface area contributed by atoms with E-state index in [4.69, 9.17) is 19.4 Å². The van der Waals surface area contributed by atoms with E-state index in [1.54, 1.807) is 0 Å². The summed E-state index contributed by atoms with van der Waals surface area (Å²) in [6.07, 6.45) is 0. The molecule has 0 saturated heterocycles.